The van der Waals surface area contributed by atoms with Gasteiger partial charge in [0.25, 0.3) is 0 Å². The number of methoxy groups -OCH3 is 1. The summed E-state index contributed by atoms with van der Waals surface area (Å²) in [6.45, 7) is 3.19. The maximum atomic E-state index is 9.23. The van der Waals surface area contributed by atoms with Gasteiger partial charge in [-0.3, -0.25) is 0 Å². The average Bonchev–Trinajstić information content (AvgIpc) is 2.19. The van der Waals surface area contributed by atoms with Crippen LogP contribution in [0.25, 0.3) is 0 Å². The molecule has 3 heteroatoms. The smallest absolute Gasteiger partial charge is 0.0613 e. The van der Waals surface area contributed by atoms with Crippen LogP contribution in [0.15, 0.2) is 0 Å². The summed E-state index contributed by atoms with van der Waals surface area (Å²) >= 11 is 0. The van der Waals surface area contributed by atoms with Crippen molar-refractivity contribution < 1.29 is 9.84 Å². The fourth-order valence-corrected chi connectivity index (χ4v) is 2.31. The Labute approximate surface area is 86.8 Å². The predicted molar refractivity (Wildman–Crippen MR) is 57.3 cm³/mol. The number of ether oxygens (including phenoxy) is 1. The van der Waals surface area contributed by atoms with Gasteiger partial charge in [-0.2, -0.15) is 0 Å². The van der Waals surface area contributed by atoms with Crippen molar-refractivity contribution in [3.05, 3.63) is 0 Å². The van der Waals surface area contributed by atoms with Crippen LogP contribution in [0.3, 0.4) is 0 Å². The molecule has 2 N–H and O–H groups in total. The monoisotopic (exact) mass is 201 g/mol. The van der Waals surface area contributed by atoms with E-state index in [1.807, 2.05) is 0 Å². The summed E-state index contributed by atoms with van der Waals surface area (Å²) in [5.74, 6) is 0.447. The second kappa shape index (κ2) is 6.38. The first-order chi connectivity index (χ1) is 6.77. The van der Waals surface area contributed by atoms with Crippen LogP contribution < -0.4 is 5.32 Å². The third kappa shape index (κ3) is 3.56. The Morgan fingerprint density at radius 3 is 2.79 bits per heavy atom. The van der Waals surface area contributed by atoms with Gasteiger partial charge in [-0.1, -0.05) is 12.8 Å². The van der Waals surface area contributed by atoms with Gasteiger partial charge in [0, 0.05) is 25.8 Å². The molecule has 1 saturated carbocycles. The molecule has 1 rings (SSSR count). The molecule has 1 aliphatic carbocycles. The molecule has 0 spiro atoms. The van der Waals surface area contributed by atoms with Crippen LogP contribution >= 0.6 is 0 Å². The normalized spacial score (nSPS) is 30.2. The van der Waals surface area contributed by atoms with Crippen molar-refractivity contribution in [3.8, 4) is 0 Å². The summed E-state index contributed by atoms with van der Waals surface area (Å²) in [5, 5.41) is 12.8. The summed E-state index contributed by atoms with van der Waals surface area (Å²) in [4.78, 5) is 0. The molecule has 0 heterocycles. The highest BCUT2D eigenvalue weighted by Gasteiger charge is 2.25. The van der Waals surface area contributed by atoms with Crippen molar-refractivity contribution in [1.82, 2.24) is 5.32 Å². The lowest BCUT2D eigenvalue weighted by molar-refractivity contribution is 0.122. The van der Waals surface area contributed by atoms with Crippen molar-refractivity contribution in [2.45, 2.75) is 44.7 Å². The number of nitrogens with one attached hydrogen (secondary N) is 1. The van der Waals surface area contributed by atoms with Crippen LogP contribution in [0, 0.1) is 5.92 Å². The largest absolute Gasteiger partial charge is 0.396 e. The van der Waals surface area contributed by atoms with E-state index in [9.17, 15) is 5.11 Å². The third-order valence-electron chi connectivity index (χ3n) is 3.06. The molecule has 0 amide bonds. The summed E-state index contributed by atoms with van der Waals surface area (Å²) in [6.07, 6.45) is 4.91. The molecule has 0 radical (unpaired) electrons. The molecule has 3 atom stereocenters. The highest BCUT2D eigenvalue weighted by molar-refractivity contribution is 4.82. The maximum absolute atomic E-state index is 9.23. The Bertz CT molecular complexity index is 152. The number of rotatable bonds is 5. The molecule has 0 aliphatic heterocycles. The Balaban J connectivity index is 2.32. The molecule has 1 aliphatic rings. The van der Waals surface area contributed by atoms with Crippen LogP contribution in [0.2, 0.25) is 0 Å². The minimum atomic E-state index is 0.317. The van der Waals surface area contributed by atoms with E-state index in [1.54, 1.807) is 7.11 Å². The first-order valence-corrected chi connectivity index (χ1v) is 5.63. The molecule has 84 valence electrons. The maximum Gasteiger partial charge on any atom is 0.0613 e. The van der Waals surface area contributed by atoms with Gasteiger partial charge < -0.3 is 15.2 Å². The average molecular weight is 201 g/mol. The van der Waals surface area contributed by atoms with Crippen molar-refractivity contribution >= 4 is 0 Å². The Morgan fingerprint density at radius 2 is 2.14 bits per heavy atom. The molecular weight excluding hydrogens is 178 g/mol. The van der Waals surface area contributed by atoms with Crippen LogP contribution in [0.1, 0.15) is 32.6 Å². The van der Waals surface area contributed by atoms with Crippen molar-refractivity contribution in [3.63, 3.8) is 0 Å². The zero-order valence-corrected chi connectivity index (χ0v) is 9.33. The van der Waals surface area contributed by atoms with Crippen molar-refractivity contribution in [1.29, 1.82) is 0 Å². The molecule has 0 aromatic heterocycles. The topological polar surface area (TPSA) is 41.5 Å². The van der Waals surface area contributed by atoms with E-state index in [0.29, 0.717) is 24.6 Å². The second-order valence-electron chi connectivity index (χ2n) is 4.36. The number of hydrogen-bond donors (Lipinski definition) is 2. The van der Waals surface area contributed by atoms with Crippen LogP contribution in [0.5, 0.6) is 0 Å². The number of aliphatic hydroxyl groups is 1. The Morgan fingerprint density at radius 1 is 1.43 bits per heavy atom. The van der Waals surface area contributed by atoms with E-state index in [1.165, 1.54) is 19.3 Å². The van der Waals surface area contributed by atoms with Gasteiger partial charge in [-0.05, 0) is 25.7 Å². The zero-order chi connectivity index (χ0) is 10.4. The molecule has 14 heavy (non-hydrogen) atoms. The summed E-state index contributed by atoms with van der Waals surface area (Å²) < 4.78 is 5.09. The van der Waals surface area contributed by atoms with Gasteiger partial charge in [0.2, 0.25) is 0 Å². The van der Waals surface area contributed by atoms with Gasteiger partial charge in [0.05, 0.1) is 6.61 Å². The third-order valence-corrected chi connectivity index (χ3v) is 3.06. The number of aliphatic hydroxyl groups excluding tert-OH is 1. The van der Waals surface area contributed by atoms with Crippen LogP contribution in [-0.2, 0) is 4.74 Å². The molecule has 3 nitrogen and oxygen atoms in total. The van der Waals surface area contributed by atoms with E-state index in [-0.39, 0.29) is 0 Å². The van der Waals surface area contributed by atoms with Gasteiger partial charge in [0.1, 0.15) is 0 Å². The van der Waals surface area contributed by atoms with Crippen molar-refractivity contribution in [2.24, 2.45) is 5.92 Å². The number of hydrogen-bond acceptors (Lipinski definition) is 3. The van der Waals surface area contributed by atoms with Gasteiger partial charge in [-0.25, -0.2) is 0 Å². The van der Waals surface area contributed by atoms with E-state index in [0.717, 1.165) is 13.0 Å². The highest BCUT2D eigenvalue weighted by atomic mass is 16.5. The predicted octanol–water partition coefficient (Wildman–Crippen LogP) is 1.16. The summed E-state index contributed by atoms with van der Waals surface area (Å²) in [5.41, 5.74) is 0. The molecule has 1 fully saturated rings. The van der Waals surface area contributed by atoms with Crippen LogP contribution in [0.4, 0.5) is 0 Å². The Kier molecular flexibility index (Phi) is 5.45. The second-order valence-corrected chi connectivity index (χ2v) is 4.36. The lowest BCUT2D eigenvalue weighted by Gasteiger charge is -2.33. The highest BCUT2D eigenvalue weighted by Crippen LogP contribution is 2.24. The molecular formula is C11H23NO2. The quantitative estimate of drug-likeness (QED) is 0.701. The summed E-state index contributed by atoms with van der Waals surface area (Å²) in [6, 6.07) is 0.871. The van der Waals surface area contributed by atoms with E-state index < -0.39 is 0 Å². The van der Waals surface area contributed by atoms with Crippen molar-refractivity contribution in [2.75, 3.05) is 20.3 Å². The van der Waals surface area contributed by atoms with Gasteiger partial charge in [-0.15, -0.1) is 0 Å². The van der Waals surface area contributed by atoms with E-state index >= 15 is 0 Å². The first kappa shape index (κ1) is 12.0. The molecule has 0 aromatic carbocycles. The summed E-state index contributed by atoms with van der Waals surface area (Å²) in [7, 11) is 1.72. The molecule has 0 aromatic rings. The lowest BCUT2D eigenvalue weighted by Crippen LogP contribution is -2.45. The molecule has 0 saturated heterocycles. The Hall–Kier alpha value is -0.120. The van der Waals surface area contributed by atoms with E-state index in [2.05, 4.69) is 12.2 Å². The lowest BCUT2D eigenvalue weighted by atomic mass is 9.85. The fourth-order valence-electron chi connectivity index (χ4n) is 2.31. The van der Waals surface area contributed by atoms with E-state index in [4.69, 9.17) is 4.74 Å². The SMILES string of the molecule is COCC(C)NC1CCCCC1CO. The van der Waals surface area contributed by atoms with Gasteiger partial charge in [0.15, 0.2) is 0 Å². The van der Waals surface area contributed by atoms with Crippen LogP contribution in [-0.4, -0.2) is 37.5 Å². The zero-order valence-electron chi connectivity index (χ0n) is 9.33. The minimum absolute atomic E-state index is 0.317. The molecule has 0 bridgehead atoms. The fraction of sp³-hybridized carbons (Fsp3) is 1.00. The molecule has 3 unspecified atom stereocenters. The first-order valence-electron chi connectivity index (χ1n) is 5.63. The standard InChI is InChI=1S/C11H23NO2/c1-9(8-14-2)12-11-6-4-3-5-10(11)7-13/h9-13H,3-8H2,1-2H3. The minimum Gasteiger partial charge on any atom is -0.396 e. The van der Waals surface area contributed by atoms with Gasteiger partial charge >= 0.3 is 0 Å².